The van der Waals surface area contributed by atoms with Crippen LogP contribution in [0.1, 0.15) is 6.92 Å². The first-order chi connectivity index (χ1) is 10.1. The van der Waals surface area contributed by atoms with Crippen LogP contribution in [0.25, 0.3) is 21.6 Å². The minimum atomic E-state index is 0.355. The van der Waals surface area contributed by atoms with Gasteiger partial charge in [0.2, 0.25) is 0 Å². The number of hydrogen-bond acceptors (Lipinski definition) is 5. The van der Waals surface area contributed by atoms with Crippen LogP contribution in [0.5, 0.6) is 0 Å². The molecule has 0 fully saturated rings. The predicted octanol–water partition coefficient (Wildman–Crippen LogP) is 3.59. The van der Waals surface area contributed by atoms with Crippen LogP contribution in [-0.4, -0.2) is 30.2 Å². The molecule has 0 spiro atoms. The highest BCUT2D eigenvalue weighted by Gasteiger charge is 2.28. The number of fused-ring (bicyclic) bond motifs is 2. The zero-order chi connectivity index (χ0) is 14.6. The van der Waals surface area contributed by atoms with Crippen LogP contribution in [0.2, 0.25) is 0 Å². The maximum atomic E-state index is 4.78. The molecular formula is C16H16N4S. The first kappa shape index (κ1) is 12.6. The van der Waals surface area contributed by atoms with E-state index in [1.165, 1.54) is 11.4 Å². The standard InChI is InChI=1S/C16H16N4S/c1-10-19(2)14-7-11-12(8-15(14)20(10)3)18-13(9-17-11)16-5-4-6-21-16/h4-10H,1-3H3. The Bertz CT molecular complexity index is 813. The van der Waals surface area contributed by atoms with Crippen molar-refractivity contribution in [1.29, 1.82) is 0 Å². The highest BCUT2D eigenvalue weighted by Crippen LogP contribution is 2.39. The fraction of sp³-hybridized carbons (Fsp3) is 0.250. The Kier molecular flexibility index (Phi) is 2.65. The van der Waals surface area contributed by atoms with Gasteiger partial charge in [0.05, 0.1) is 45.3 Å². The third-order valence-electron chi connectivity index (χ3n) is 4.29. The molecule has 0 saturated heterocycles. The average molecular weight is 296 g/mol. The van der Waals surface area contributed by atoms with E-state index in [2.05, 4.69) is 59.4 Å². The van der Waals surface area contributed by atoms with Crippen molar-refractivity contribution in [3.63, 3.8) is 0 Å². The minimum Gasteiger partial charge on any atom is -0.353 e. The summed E-state index contributed by atoms with van der Waals surface area (Å²) in [6.07, 6.45) is 2.22. The zero-order valence-corrected chi connectivity index (χ0v) is 13.1. The topological polar surface area (TPSA) is 32.3 Å². The zero-order valence-electron chi connectivity index (χ0n) is 12.2. The Morgan fingerprint density at radius 3 is 2.48 bits per heavy atom. The van der Waals surface area contributed by atoms with Crippen molar-refractivity contribution < 1.29 is 0 Å². The second kappa shape index (κ2) is 4.43. The minimum absolute atomic E-state index is 0.355. The van der Waals surface area contributed by atoms with Gasteiger partial charge < -0.3 is 9.80 Å². The molecule has 0 bridgehead atoms. The van der Waals surface area contributed by atoms with E-state index in [0.29, 0.717) is 6.17 Å². The molecule has 0 radical (unpaired) electrons. The van der Waals surface area contributed by atoms with E-state index in [1.807, 2.05) is 12.3 Å². The number of nitrogens with zero attached hydrogens (tertiary/aromatic N) is 4. The third kappa shape index (κ3) is 1.81. The number of rotatable bonds is 1. The van der Waals surface area contributed by atoms with Crippen molar-refractivity contribution in [1.82, 2.24) is 9.97 Å². The van der Waals surface area contributed by atoms with E-state index in [1.54, 1.807) is 11.3 Å². The molecule has 1 aliphatic rings. The molecule has 1 unspecified atom stereocenters. The van der Waals surface area contributed by atoms with Crippen LogP contribution in [0, 0.1) is 0 Å². The fourth-order valence-corrected chi connectivity index (χ4v) is 3.49. The maximum Gasteiger partial charge on any atom is 0.0992 e. The number of anilines is 2. The van der Waals surface area contributed by atoms with Crippen LogP contribution in [0.4, 0.5) is 11.4 Å². The SMILES string of the molecule is CC1N(C)c2cc3ncc(-c4cccs4)nc3cc2N1C. The fourth-order valence-electron chi connectivity index (χ4n) is 2.81. The lowest BCUT2D eigenvalue weighted by Gasteiger charge is -2.23. The Hall–Kier alpha value is -2.14. The highest BCUT2D eigenvalue weighted by atomic mass is 32.1. The highest BCUT2D eigenvalue weighted by molar-refractivity contribution is 7.13. The summed E-state index contributed by atoms with van der Waals surface area (Å²) in [5, 5.41) is 2.06. The molecular weight excluding hydrogens is 280 g/mol. The van der Waals surface area contributed by atoms with Gasteiger partial charge >= 0.3 is 0 Å². The van der Waals surface area contributed by atoms with Gasteiger partial charge in [0.15, 0.2) is 0 Å². The van der Waals surface area contributed by atoms with Crippen LogP contribution >= 0.6 is 11.3 Å². The van der Waals surface area contributed by atoms with Crippen molar-refractivity contribution in [2.75, 3.05) is 23.9 Å². The molecule has 0 N–H and O–H groups in total. The second-order valence-corrected chi connectivity index (χ2v) is 6.36. The molecule has 3 aromatic rings. The summed E-state index contributed by atoms with van der Waals surface area (Å²) in [7, 11) is 4.24. The van der Waals surface area contributed by atoms with Crippen LogP contribution in [0.3, 0.4) is 0 Å². The molecule has 1 atom stereocenters. The van der Waals surface area contributed by atoms with Crippen molar-refractivity contribution >= 4 is 33.7 Å². The van der Waals surface area contributed by atoms with Gasteiger partial charge in [0, 0.05) is 14.1 Å². The Morgan fingerprint density at radius 1 is 1.10 bits per heavy atom. The Morgan fingerprint density at radius 2 is 1.81 bits per heavy atom. The van der Waals surface area contributed by atoms with Crippen molar-refractivity contribution in [3.05, 3.63) is 35.8 Å². The predicted molar refractivity (Wildman–Crippen MR) is 89.1 cm³/mol. The molecule has 1 aromatic carbocycles. The Labute approximate surface area is 127 Å². The van der Waals surface area contributed by atoms with Gasteiger partial charge in [-0.05, 0) is 30.5 Å². The van der Waals surface area contributed by atoms with E-state index >= 15 is 0 Å². The molecule has 0 amide bonds. The van der Waals surface area contributed by atoms with E-state index in [-0.39, 0.29) is 0 Å². The normalized spacial score (nSPS) is 17.6. The summed E-state index contributed by atoms with van der Waals surface area (Å²) in [5.41, 5.74) is 5.28. The van der Waals surface area contributed by atoms with E-state index in [0.717, 1.165) is 21.6 Å². The lowest BCUT2D eigenvalue weighted by atomic mass is 10.2. The number of hydrogen-bond donors (Lipinski definition) is 0. The molecule has 21 heavy (non-hydrogen) atoms. The summed E-state index contributed by atoms with van der Waals surface area (Å²) >= 11 is 1.69. The van der Waals surface area contributed by atoms with Gasteiger partial charge in [-0.2, -0.15) is 0 Å². The number of benzene rings is 1. The molecule has 4 nitrogen and oxygen atoms in total. The first-order valence-electron chi connectivity index (χ1n) is 6.95. The molecule has 0 saturated carbocycles. The molecule has 5 heteroatoms. The van der Waals surface area contributed by atoms with E-state index in [9.17, 15) is 0 Å². The van der Waals surface area contributed by atoms with Gasteiger partial charge in [0.25, 0.3) is 0 Å². The van der Waals surface area contributed by atoms with Gasteiger partial charge in [-0.1, -0.05) is 6.07 Å². The van der Waals surface area contributed by atoms with Gasteiger partial charge in [0.1, 0.15) is 0 Å². The summed E-state index contributed by atoms with van der Waals surface area (Å²) in [6, 6.07) is 8.40. The number of aromatic nitrogens is 2. The van der Waals surface area contributed by atoms with Gasteiger partial charge in [-0.15, -0.1) is 11.3 Å². The summed E-state index contributed by atoms with van der Waals surface area (Å²) in [6.45, 7) is 2.20. The van der Waals surface area contributed by atoms with Crippen LogP contribution in [-0.2, 0) is 0 Å². The van der Waals surface area contributed by atoms with Gasteiger partial charge in [-0.25, -0.2) is 4.98 Å². The first-order valence-corrected chi connectivity index (χ1v) is 7.83. The summed E-state index contributed by atoms with van der Waals surface area (Å²) < 4.78 is 0. The van der Waals surface area contributed by atoms with E-state index in [4.69, 9.17) is 4.98 Å². The van der Waals surface area contributed by atoms with Crippen LogP contribution < -0.4 is 9.80 Å². The molecule has 4 rings (SSSR count). The lowest BCUT2D eigenvalue weighted by molar-refractivity contribution is 0.710. The number of thiophene rings is 1. The maximum absolute atomic E-state index is 4.78. The molecule has 106 valence electrons. The molecule has 3 heterocycles. The summed E-state index contributed by atoms with van der Waals surface area (Å²) in [4.78, 5) is 15.1. The molecule has 1 aliphatic heterocycles. The molecule has 2 aromatic heterocycles. The Balaban J connectivity index is 1.91. The van der Waals surface area contributed by atoms with Crippen molar-refractivity contribution in [3.8, 4) is 10.6 Å². The largest absolute Gasteiger partial charge is 0.353 e. The van der Waals surface area contributed by atoms with Crippen molar-refractivity contribution in [2.24, 2.45) is 0 Å². The monoisotopic (exact) mass is 296 g/mol. The summed E-state index contributed by atoms with van der Waals surface area (Å²) in [5.74, 6) is 0. The quantitative estimate of drug-likeness (QED) is 0.687. The van der Waals surface area contributed by atoms with Gasteiger partial charge in [-0.3, -0.25) is 4.98 Å². The second-order valence-electron chi connectivity index (χ2n) is 5.42. The van der Waals surface area contributed by atoms with E-state index < -0.39 is 0 Å². The van der Waals surface area contributed by atoms with Crippen LogP contribution in [0.15, 0.2) is 35.8 Å². The third-order valence-corrected chi connectivity index (χ3v) is 5.19. The molecule has 0 aliphatic carbocycles. The lowest BCUT2D eigenvalue weighted by Crippen LogP contribution is -2.35. The average Bonchev–Trinajstić information content (AvgIpc) is 3.10. The van der Waals surface area contributed by atoms with Crippen molar-refractivity contribution in [2.45, 2.75) is 13.1 Å². The smallest absolute Gasteiger partial charge is 0.0992 e.